The van der Waals surface area contributed by atoms with Crippen LogP contribution in [0, 0.1) is 0 Å². The highest BCUT2D eigenvalue weighted by atomic mass is 32.1. The van der Waals surface area contributed by atoms with Gasteiger partial charge in [-0.1, -0.05) is 0 Å². The van der Waals surface area contributed by atoms with Crippen molar-refractivity contribution in [3.8, 4) is 0 Å². The number of carboxylic acids is 1. The van der Waals surface area contributed by atoms with Gasteiger partial charge in [-0.2, -0.15) is 0 Å². The molecule has 0 bridgehead atoms. The lowest BCUT2D eigenvalue weighted by Crippen LogP contribution is -2.43. The third-order valence-electron chi connectivity index (χ3n) is 2.08. The van der Waals surface area contributed by atoms with Crippen LogP contribution in [0.1, 0.15) is 37.2 Å². The lowest BCUT2D eigenvalue weighted by atomic mass is 9.98. The Hall–Kier alpha value is -1.43. The summed E-state index contributed by atoms with van der Waals surface area (Å²) in [7, 11) is 0. The minimum atomic E-state index is -0.865. The van der Waals surface area contributed by atoms with Crippen LogP contribution in [0.2, 0.25) is 0 Å². The van der Waals surface area contributed by atoms with Crippen molar-refractivity contribution in [2.45, 2.75) is 32.2 Å². The number of thiazole rings is 1. The molecule has 1 aromatic heterocycles. The van der Waals surface area contributed by atoms with Gasteiger partial charge in [-0.3, -0.25) is 9.59 Å². The van der Waals surface area contributed by atoms with Gasteiger partial charge in [0.25, 0.3) is 5.91 Å². The first-order chi connectivity index (χ1) is 7.41. The molecule has 1 amide bonds. The number of aliphatic carboxylic acids is 1. The summed E-state index contributed by atoms with van der Waals surface area (Å²) in [5, 5.41) is 13.0. The van der Waals surface area contributed by atoms with E-state index in [-0.39, 0.29) is 12.3 Å². The van der Waals surface area contributed by atoms with E-state index in [0.29, 0.717) is 12.1 Å². The number of nitrogens with one attached hydrogen (secondary N) is 1. The first-order valence-corrected chi connectivity index (χ1v) is 5.77. The number of carbonyl (C=O) groups is 2. The fourth-order valence-corrected chi connectivity index (χ4v) is 1.71. The van der Waals surface area contributed by atoms with E-state index < -0.39 is 11.5 Å². The number of aromatic nitrogens is 1. The minimum absolute atomic E-state index is 0.0321. The number of amides is 1. The fraction of sp³-hybridized carbons (Fsp3) is 0.500. The molecule has 0 fully saturated rings. The molecule has 1 rings (SSSR count). The summed E-state index contributed by atoms with van der Waals surface area (Å²) in [5.74, 6) is -1.13. The van der Waals surface area contributed by atoms with Crippen LogP contribution in [0.5, 0.6) is 0 Å². The highest BCUT2D eigenvalue weighted by Gasteiger charge is 2.22. The average molecular weight is 242 g/mol. The second-order valence-corrected chi connectivity index (χ2v) is 4.82. The van der Waals surface area contributed by atoms with Crippen LogP contribution in [0.3, 0.4) is 0 Å². The molecule has 2 N–H and O–H groups in total. The van der Waals surface area contributed by atoms with Gasteiger partial charge in [-0.25, -0.2) is 4.98 Å². The molecular weight excluding hydrogens is 228 g/mol. The average Bonchev–Trinajstić information content (AvgIpc) is 2.67. The van der Waals surface area contributed by atoms with Gasteiger partial charge in [0, 0.05) is 17.3 Å². The van der Waals surface area contributed by atoms with Crippen molar-refractivity contribution < 1.29 is 14.7 Å². The molecule has 0 radical (unpaired) electrons. The second kappa shape index (κ2) is 5.07. The Bertz CT molecular complexity index is 373. The molecule has 0 aliphatic rings. The molecule has 1 aromatic rings. The smallest absolute Gasteiger partial charge is 0.303 e. The second-order valence-electron chi connectivity index (χ2n) is 4.11. The Labute approximate surface area is 97.5 Å². The number of hydrogen-bond acceptors (Lipinski definition) is 4. The van der Waals surface area contributed by atoms with Crippen molar-refractivity contribution in [3.63, 3.8) is 0 Å². The normalized spacial score (nSPS) is 11.1. The van der Waals surface area contributed by atoms with Crippen molar-refractivity contribution in [1.29, 1.82) is 0 Å². The van der Waals surface area contributed by atoms with Crippen LogP contribution in [0.15, 0.2) is 10.9 Å². The van der Waals surface area contributed by atoms with Crippen LogP contribution in [0.4, 0.5) is 0 Å². The standard InChI is InChI=1S/C10H14N2O3S/c1-10(2,4-3-8(13)14)12-9(15)7-5-16-6-11-7/h5-6H,3-4H2,1-2H3,(H,12,15)(H,13,14). The minimum Gasteiger partial charge on any atom is -0.481 e. The van der Waals surface area contributed by atoms with Gasteiger partial charge < -0.3 is 10.4 Å². The largest absolute Gasteiger partial charge is 0.481 e. The lowest BCUT2D eigenvalue weighted by Gasteiger charge is -2.25. The summed E-state index contributed by atoms with van der Waals surface area (Å²) in [4.78, 5) is 26.0. The number of carbonyl (C=O) groups excluding carboxylic acids is 1. The summed E-state index contributed by atoms with van der Waals surface area (Å²) in [6.07, 6.45) is 0.419. The summed E-state index contributed by atoms with van der Waals surface area (Å²) in [6, 6.07) is 0. The number of nitrogens with zero attached hydrogens (tertiary/aromatic N) is 1. The topological polar surface area (TPSA) is 79.3 Å². The molecule has 88 valence electrons. The molecule has 0 saturated heterocycles. The molecule has 6 heteroatoms. The van der Waals surface area contributed by atoms with Crippen molar-refractivity contribution in [2.75, 3.05) is 0 Å². The molecule has 0 atom stereocenters. The van der Waals surface area contributed by atoms with Crippen molar-refractivity contribution >= 4 is 23.2 Å². The third-order valence-corrected chi connectivity index (χ3v) is 2.67. The monoisotopic (exact) mass is 242 g/mol. The first kappa shape index (κ1) is 12.6. The van der Waals surface area contributed by atoms with Gasteiger partial charge in [0.2, 0.25) is 0 Å². The van der Waals surface area contributed by atoms with E-state index in [2.05, 4.69) is 10.3 Å². The van der Waals surface area contributed by atoms with Crippen molar-refractivity contribution in [3.05, 3.63) is 16.6 Å². The maximum Gasteiger partial charge on any atom is 0.303 e. The van der Waals surface area contributed by atoms with Gasteiger partial charge in [0.05, 0.1) is 5.51 Å². The maximum absolute atomic E-state index is 11.7. The van der Waals surface area contributed by atoms with Crippen LogP contribution in [-0.4, -0.2) is 27.5 Å². The Morgan fingerprint density at radius 1 is 1.56 bits per heavy atom. The molecular formula is C10H14N2O3S. The summed E-state index contributed by atoms with van der Waals surface area (Å²) in [6.45, 7) is 3.58. The predicted octanol–water partition coefficient (Wildman–Crippen LogP) is 1.52. The summed E-state index contributed by atoms with van der Waals surface area (Å²) < 4.78 is 0. The van der Waals surface area contributed by atoms with Crippen LogP contribution in [0.25, 0.3) is 0 Å². The summed E-state index contributed by atoms with van der Waals surface area (Å²) in [5.41, 5.74) is 1.41. The quantitative estimate of drug-likeness (QED) is 0.820. The van der Waals surface area contributed by atoms with E-state index in [1.165, 1.54) is 11.3 Å². The Morgan fingerprint density at radius 3 is 2.75 bits per heavy atom. The fourth-order valence-electron chi connectivity index (χ4n) is 1.18. The maximum atomic E-state index is 11.7. The molecule has 0 aromatic carbocycles. The Morgan fingerprint density at radius 2 is 2.25 bits per heavy atom. The van der Waals surface area contributed by atoms with Gasteiger partial charge in [0.15, 0.2) is 0 Å². The Balaban J connectivity index is 2.52. The molecule has 16 heavy (non-hydrogen) atoms. The van der Waals surface area contributed by atoms with Gasteiger partial charge in [0.1, 0.15) is 5.69 Å². The molecule has 0 spiro atoms. The molecule has 1 heterocycles. The highest BCUT2D eigenvalue weighted by Crippen LogP contribution is 2.12. The van der Waals surface area contributed by atoms with Crippen LogP contribution >= 0.6 is 11.3 Å². The van der Waals surface area contributed by atoms with Crippen LogP contribution in [-0.2, 0) is 4.79 Å². The van der Waals surface area contributed by atoms with Gasteiger partial charge in [-0.05, 0) is 20.3 Å². The highest BCUT2D eigenvalue weighted by molar-refractivity contribution is 7.07. The Kier molecular flexibility index (Phi) is 4.00. The zero-order valence-electron chi connectivity index (χ0n) is 9.19. The molecule has 0 aliphatic heterocycles. The SMILES string of the molecule is CC(C)(CCC(=O)O)NC(=O)c1cscn1. The van der Waals surface area contributed by atoms with Gasteiger partial charge in [-0.15, -0.1) is 11.3 Å². The molecule has 0 unspecified atom stereocenters. The zero-order chi connectivity index (χ0) is 12.2. The van der Waals surface area contributed by atoms with E-state index in [9.17, 15) is 9.59 Å². The van der Waals surface area contributed by atoms with Gasteiger partial charge >= 0.3 is 5.97 Å². The molecule has 0 aliphatic carbocycles. The zero-order valence-corrected chi connectivity index (χ0v) is 10.0. The van der Waals surface area contributed by atoms with E-state index in [1.54, 1.807) is 24.7 Å². The number of hydrogen-bond donors (Lipinski definition) is 2. The van der Waals surface area contributed by atoms with Crippen LogP contribution < -0.4 is 5.32 Å². The number of rotatable bonds is 5. The van der Waals surface area contributed by atoms with E-state index in [1.807, 2.05) is 0 Å². The third kappa shape index (κ3) is 3.98. The first-order valence-electron chi connectivity index (χ1n) is 4.83. The van der Waals surface area contributed by atoms with E-state index in [4.69, 9.17) is 5.11 Å². The van der Waals surface area contributed by atoms with Crippen molar-refractivity contribution in [2.24, 2.45) is 0 Å². The van der Waals surface area contributed by atoms with E-state index in [0.717, 1.165) is 0 Å². The lowest BCUT2D eigenvalue weighted by molar-refractivity contribution is -0.137. The van der Waals surface area contributed by atoms with E-state index >= 15 is 0 Å². The molecule has 5 nitrogen and oxygen atoms in total. The predicted molar refractivity (Wildman–Crippen MR) is 60.5 cm³/mol. The van der Waals surface area contributed by atoms with Crippen molar-refractivity contribution in [1.82, 2.24) is 10.3 Å². The molecule has 0 saturated carbocycles. The number of carboxylic acid groups (broad SMARTS) is 1. The summed E-state index contributed by atoms with van der Waals surface area (Å²) >= 11 is 1.35.